The topological polar surface area (TPSA) is 0 Å². The normalized spacial score (nSPS) is 12.2. The standard InChI is InChI=1S/C8H4Cl6/c9-5-3-1-2-4(8(12,13)14)6(5)7(10)11/h1-3,7H. The summed E-state index contributed by atoms with van der Waals surface area (Å²) in [5, 5.41) is 0.379. The Morgan fingerprint density at radius 3 is 2.00 bits per heavy atom. The van der Waals surface area contributed by atoms with Gasteiger partial charge in [0.25, 0.3) is 0 Å². The molecule has 0 saturated heterocycles. The molecule has 0 saturated carbocycles. The van der Waals surface area contributed by atoms with Gasteiger partial charge in [-0.3, -0.25) is 0 Å². The smallest absolute Gasteiger partial charge is 0.1000 e. The van der Waals surface area contributed by atoms with Crippen LogP contribution in [0.3, 0.4) is 0 Å². The highest BCUT2D eigenvalue weighted by Crippen LogP contribution is 2.45. The quantitative estimate of drug-likeness (QED) is 0.588. The van der Waals surface area contributed by atoms with Gasteiger partial charge in [0, 0.05) is 16.1 Å². The van der Waals surface area contributed by atoms with Crippen molar-refractivity contribution >= 4 is 69.6 Å². The lowest BCUT2D eigenvalue weighted by Crippen LogP contribution is -2.05. The lowest BCUT2D eigenvalue weighted by atomic mass is 10.1. The van der Waals surface area contributed by atoms with E-state index in [1.165, 1.54) is 0 Å². The fourth-order valence-electron chi connectivity index (χ4n) is 1.01. The van der Waals surface area contributed by atoms with E-state index in [-0.39, 0.29) is 0 Å². The second-order valence-electron chi connectivity index (χ2n) is 2.50. The second kappa shape index (κ2) is 4.86. The van der Waals surface area contributed by atoms with Gasteiger partial charge in [-0.1, -0.05) is 81.7 Å². The van der Waals surface area contributed by atoms with Gasteiger partial charge in [0.2, 0.25) is 3.79 Å². The van der Waals surface area contributed by atoms with Gasteiger partial charge < -0.3 is 0 Å². The Balaban J connectivity index is 3.36. The third kappa shape index (κ3) is 2.98. The first-order valence-electron chi connectivity index (χ1n) is 3.48. The molecule has 0 bridgehead atoms. The fourth-order valence-corrected chi connectivity index (χ4v) is 2.37. The molecule has 0 N–H and O–H groups in total. The van der Waals surface area contributed by atoms with Crippen LogP contribution in [0, 0.1) is 0 Å². The van der Waals surface area contributed by atoms with E-state index in [1.54, 1.807) is 18.2 Å². The molecule has 0 spiro atoms. The van der Waals surface area contributed by atoms with Crippen LogP contribution in [0.4, 0.5) is 0 Å². The predicted molar refractivity (Wildman–Crippen MR) is 65.1 cm³/mol. The first-order chi connectivity index (χ1) is 6.34. The molecule has 0 aromatic heterocycles. The van der Waals surface area contributed by atoms with Gasteiger partial charge >= 0.3 is 0 Å². The largest absolute Gasteiger partial charge is 0.216 e. The number of hydrogen-bond donors (Lipinski definition) is 0. The predicted octanol–water partition coefficient (Wildman–Crippen LogP) is 5.64. The lowest BCUT2D eigenvalue weighted by molar-refractivity contribution is 1.16. The second-order valence-corrected chi connectivity index (χ2v) is 6.28. The molecule has 0 atom stereocenters. The van der Waals surface area contributed by atoms with Crippen LogP contribution in [0.1, 0.15) is 16.0 Å². The minimum atomic E-state index is -1.58. The molecule has 0 fully saturated rings. The summed E-state index contributed by atoms with van der Waals surface area (Å²) in [6, 6.07) is 4.92. The Morgan fingerprint density at radius 1 is 1.07 bits per heavy atom. The van der Waals surface area contributed by atoms with Gasteiger partial charge in [0.1, 0.15) is 4.84 Å². The summed E-state index contributed by atoms with van der Waals surface area (Å²) in [6.45, 7) is 0. The number of benzene rings is 1. The van der Waals surface area contributed by atoms with Crippen LogP contribution in [-0.2, 0) is 3.79 Å². The number of halogens is 6. The van der Waals surface area contributed by atoms with Crippen molar-refractivity contribution in [3.63, 3.8) is 0 Å². The van der Waals surface area contributed by atoms with Crippen molar-refractivity contribution in [3.05, 3.63) is 34.3 Å². The molecule has 0 amide bonds. The Bertz CT molecular complexity index is 327. The Hall–Kier alpha value is 0.960. The summed E-state index contributed by atoms with van der Waals surface area (Å²) < 4.78 is -1.58. The fraction of sp³-hybridized carbons (Fsp3) is 0.250. The molecule has 6 heteroatoms. The van der Waals surface area contributed by atoms with Crippen molar-refractivity contribution in [1.82, 2.24) is 0 Å². The maximum atomic E-state index is 5.89. The number of rotatable bonds is 1. The zero-order chi connectivity index (χ0) is 10.9. The Kier molecular flexibility index (Phi) is 4.52. The number of alkyl halides is 5. The summed E-state index contributed by atoms with van der Waals surface area (Å²) in [6.07, 6.45) is 0. The van der Waals surface area contributed by atoms with Crippen molar-refractivity contribution in [2.45, 2.75) is 8.63 Å². The molecule has 0 heterocycles. The molecule has 0 unspecified atom stereocenters. The highest BCUT2D eigenvalue weighted by molar-refractivity contribution is 6.67. The summed E-state index contributed by atoms with van der Waals surface area (Å²) in [5.74, 6) is 0. The molecule has 1 rings (SSSR count). The van der Waals surface area contributed by atoms with Crippen LogP contribution in [0.5, 0.6) is 0 Å². The van der Waals surface area contributed by atoms with E-state index in [0.717, 1.165) is 0 Å². The van der Waals surface area contributed by atoms with Crippen LogP contribution in [0.2, 0.25) is 5.02 Å². The van der Waals surface area contributed by atoms with Crippen LogP contribution in [-0.4, -0.2) is 0 Å². The maximum Gasteiger partial charge on any atom is 0.216 e. The van der Waals surface area contributed by atoms with E-state index < -0.39 is 8.63 Å². The van der Waals surface area contributed by atoms with Crippen LogP contribution in [0.15, 0.2) is 18.2 Å². The Labute approximate surface area is 112 Å². The Morgan fingerprint density at radius 2 is 1.64 bits per heavy atom. The van der Waals surface area contributed by atoms with E-state index in [1.807, 2.05) is 0 Å². The van der Waals surface area contributed by atoms with Gasteiger partial charge in [-0.05, 0) is 6.07 Å². The molecule has 1 aromatic carbocycles. The van der Waals surface area contributed by atoms with Crippen molar-refractivity contribution in [1.29, 1.82) is 0 Å². The third-order valence-corrected chi connectivity index (χ3v) is 2.95. The van der Waals surface area contributed by atoms with E-state index in [0.29, 0.717) is 16.1 Å². The molecule has 1 aromatic rings. The molecule has 0 radical (unpaired) electrons. The van der Waals surface area contributed by atoms with Crippen molar-refractivity contribution < 1.29 is 0 Å². The van der Waals surface area contributed by atoms with Gasteiger partial charge in [-0.2, -0.15) is 0 Å². The van der Waals surface area contributed by atoms with Gasteiger partial charge in [-0.15, -0.1) is 0 Å². The molecule has 0 nitrogen and oxygen atoms in total. The van der Waals surface area contributed by atoms with E-state index in [2.05, 4.69) is 0 Å². The molecule has 0 aliphatic heterocycles. The van der Waals surface area contributed by atoms with E-state index in [4.69, 9.17) is 69.6 Å². The van der Waals surface area contributed by atoms with Gasteiger partial charge in [-0.25, -0.2) is 0 Å². The minimum absolute atomic E-state index is 0.379. The summed E-state index contributed by atoms with van der Waals surface area (Å²) >= 11 is 34.5. The third-order valence-electron chi connectivity index (χ3n) is 1.58. The molecular weight excluding hydrogens is 309 g/mol. The van der Waals surface area contributed by atoms with Gasteiger partial charge in [0.15, 0.2) is 0 Å². The highest BCUT2D eigenvalue weighted by atomic mass is 35.6. The van der Waals surface area contributed by atoms with E-state index in [9.17, 15) is 0 Å². The summed E-state index contributed by atoms with van der Waals surface area (Å²) in [5.41, 5.74) is 0.822. The SMILES string of the molecule is Clc1cccc(C(Cl)(Cl)Cl)c1C(Cl)Cl. The van der Waals surface area contributed by atoms with Crippen molar-refractivity contribution in [3.8, 4) is 0 Å². The first-order valence-corrected chi connectivity index (χ1v) is 5.86. The zero-order valence-corrected chi connectivity index (χ0v) is 11.1. The van der Waals surface area contributed by atoms with Gasteiger partial charge in [0.05, 0.1) is 0 Å². The number of hydrogen-bond acceptors (Lipinski definition) is 0. The van der Waals surface area contributed by atoms with Crippen LogP contribution < -0.4 is 0 Å². The first kappa shape index (κ1) is 13.0. The average Bonchev–Trinajstić information content (AvgIpc) is 2.01. The molecular formula is C8H4Cl6. The summed E-state index contributed by atoms with van der Waals surface area (Å²) in [4.78, 5) is -0.825. The lowest BCUT2D eigenvalue weighted by Gasteiger charge is -2.18. The molecule has 78 valence electrons. The highest BCUT2D eigenvalue weighted by Gasteiger charge is 2.29. The van der Waals surface area contributed by atoms with Crippen LogP contribution in [0.25, 0.3) is 0 Å². The monoisotopic (exact) mass is 310 g/mol. The molecule has 0 aliphatic rings. The summed E-state index contributed by atoms with van der Waals surface area (Å²) in [7, 11) is 0. The maximum absolute atomic E-state index is 5.89. The van der Waals surface area contributed by atoms with Crippen LogP contribution >= 0.6 is 69.6 Å². The van der Waals surface area contributed by atoms with Crippen molar-refractivity contribution in [2.24, 2.45) is 0 Å². The van der Waals surface area contributed by atoms with E-state index >= 15 is 0 Å². The molecule has 14 heavy (non-hydrogen) atoms. The molecule has 0 aliphatic carbocycles. The minimum Gasteiger partial charge on any atom is -0.1000 e. The van der Waals surface area contributed by atoms with Crippen molar-refractivity contribution in [2.75, 3.05) is 0 Å². The zero-order valence-electron chi connectivity index (χ0n) is 6.58. The average molecular weight is 313 g/mol.